The first-order chi connectivity index (χ1) is 8.24. The molecule has 0 aromatic heterocycles. The fourth-order valence-electron chi connectivity index (χ4n) is 1.42. The summed E-state index contributed by atoms with van der Waals surface area (Å²) in [5.41, 5.74) is 0.555. The van der Waals surface area contributed by atoms with E-state index in [1.165, 1.54) is 0 Å². The Hall–Kier alpha value is -2.30. The monoisotopic (exact) mass is 230 g/mol. The van der Waals surface area contributed by atoms with E-state index in [9.17, 15) is 9.59 Å². The molecule has 5 heteroatoms. The average Bonchev–Trinajstić information content (AvgIpc) is 2.72. The number of carbonyl (C=O) groups excluding carboxylic acids is 2. The molecule has 0 saturated carbocycles. The minimum Gasteiger partial charge on any atom is -0.461 e. The molecule has 0 fully saturated rings. The van der Waals surface area contributed by atoms with Gasteiger partial charge in [-0.25, -0.2) is 4.79 Å². The van der Waals surface area contributed by atoms with Crippen molar-refractivity contribution < 1.29 is 14.3 Å². The van der Waals surface area contributed by atoms with E-state index in [1.807, 2.05) is 6.07 Å². The van der Waals surface area contributed by atoms with Crippen LogP contribution in [0.4, 0.5) is 0 Å². The number of ether oxygens (including phenoxy) is 1. The third-order valence-corrected chi connectivity index (χ3v) is 2.20. The highest BCUT2D eigenvalue weighted by Gasteiger charge is 2.31. The molecule has 0 radical (unpaired) electrons. The summed E-state index contributed by atoms with van der Waals surface area (Å²) in [7, 11) is 0. The zero-order valence-electron chi connectivity index (χ0n) is 9.21. The lowest BCUT2D eigenvalue weighted by Gasteiger charge is -2.00. The first-order valence-corrected chi connectivity index (χ1v) is 5.17. The van der Waals surface area contributed by atoms with Crippen molar-refractivity contribution >= 4 is 23.2 Å². The average molecular weight is 230 g/mol. The van der Waals surface area contributed by atoms with Gasteiger partial charge >= 0.3 is 5.97 Å². The van der Waals surface area contributed by atoms with Gasteiger partial charge in [0.15, 0.2) is 0 Å². The molecular weight excluding hydrogens is 220 g/mol. The SMILES string of the molecule is CCOC(=O)C1=NN=C(c2ccccc2)C1=O. The summed E-state index contributed by atoms with van der Waals surface area (Å²) < 4.78 is 4.72. The second-order valence-corrected chi connectivity index (χ2v) is 3.31. The summed E-state index contributed by atoms with van der Waals surface area (Å²) in [6.07, 6.45) is 0. The van der Waals surface area contributed by atoms with Crippen LogP contribution in [0.5, 0.6) is 0 Å². The predicted octanol–water partition coefficient (Wildman–Crippen LogP) is 0.978. The molecule has 1 aromatic carbocycles. The number of ketones is 1. The van der Waals surface area contributed by atoms with Gasteiger partial charge in [0.25, 0.3) is 0 Å². The molecule has 0 amide bonds. The molecule has 0 saturated heterocycles. The maximum atomic E-state index is 11.9. The quantitative estimate of drug-likeness (QED) is 0.727. The van der Waals surface area contributed by atoms with E-state index in [2.05, 4.69) is 10.2 Å². The highest BCUT2D eigenvalue weighted by atomic mass is 16.5. The Balaban J connectivity index is 2.19. The summed E-state index contributed by atoms with van der Waals surface area (Å²) in [4.78, 5) is 23.2. The fraction of sp³-hybridized carbons (Fsp3) is 0.167. The van der Waals surface area contributed by atoms with Crippen molar-refractivity contribution in [1.82, 2.24) is 0 Å². The van der Waals surface area contributed by atoms with Gasteiger partial charge in [-0.1, -0.05) is 30.3 Å². The number of hydrogen-bond acceptors (Lipinski definition) is 5. The van der Waals surface area contributed by atoms with Crippen LogP contribution >= 0.6 is 0 Å². The molecule has 1 aromatic rings. The molecule has 0 spiro atoms. The Bertz CT molecular complexity index is 518. The van der Waals surface area contributed by atoms with Gasteiger partial charge in [-0.15, -0.1) is 10.2 Å². The van der Waals surface area contributed by atoms with Gasteiger partial charge in [0, 0.05) is 5.56 Å². The van der Waals surface area contributed by atoms with Gasteiger partial charge in [0.05, 0.1) is 6.61 Å². The highest BCUT2D eigenvalue weighted by molar-refractivity contribution is 6.82. The van der Waals surface area contributed by atoms with Crippen LogP contribution in [0.15, 0.2) is 40.5 Å². The van der Waals surface area contributed by atoms with Crippen molar-refractivity contribution in [2.24, 2.45) is 10.2 Å². The number of nitrogens with zero attached hydrogens (tertiary/aromatic N) is 2. The molecule has 5 nitrogen and oxygen atoms in total. The van der Waals surface area contributed by atoms with Gasteiger partial charge in [-0.2, -0.15) is 0 Å². The largest absolute Gasteiger partial charge is 0.461 e. The van der Waals surface area contributed by atoms with E-state index in [1.54, 1.807) is 31.2 Å². The van der Waals surface area contributed by atoms with Crippen LogP contribution in [0, 0.1) is 0 Å². The first-order valence-electron chi connectivity index (χ1n) is 5.17. The molecule has 0 aliphatic carbocycles. The standard InChI is InChI=1S/C12H10N2O3/c1-2-17-12(16)10-11(15)9(13-14-10)8-6-4-3-5-7-8/h3-7H,2H2,1H3. The zero-order valence-corrected chi connectivity index (χ0v) is 9.21. The van der Waals surface area contributed by atoms with Crippen LogP contribution in [-0.4, -0.2) is 29.8 Å². The van der Waals surface area contributed by atoms with Gasteiger partial charge in [0.1, 0.15) is 5.71 Å². The Morgan fingerprint density at radius 2 is 1.94 bits per heavy atom. The minimum absolute atomic E-state index is 0.175. The normalized spacial score (nSPS) is 14.3. The van der Waals surface area contributed by atoms with E-state index >= 15 is 0 Å². The number of hydrogen-bond donors (Lipinski definition) is 0. The summed E-state index contributed by atoms with van der Waals surface area (Å²) >= 11 is 0. The zero-order chi connectivity index (χ0) is 12.3. The van der Waals surface area contributed by atoms with Crippen molar-refractivity contribution in [3.63, 3.8) is 0 Å². The molecular formula is C12H10N2O3. The van der Waals surface area contributed by atoms with Gasteiger partial charge in [-0.3, -0.25) is 4.79 Å². The number of Topliss-reactive ketones (excluding diaryl/α,β-unsaturated/α-hetero) is 1. The number of benzene rings is 1. The van der Waals surface area contributed by atoms with E-state index < -0.39 is 11.8 Å². The second kappa shape index (κ2) is 4.69. The van der Waals surface area contributed by atoms with E-state index in [0.29, 0.717) is 5.56 Å². The lowest BCUT2D eigenvalue weighted by molar-refractivity contribution is -0.135. The van der Waals surface area contributed by atoms with Gasteiger partial charge in [0.2, 0.25) is 11.5 Å². The van der Waals surface area contributed by atoms with E-state index in [-0.39, 0.29) is 18.0 Å². The molecule has 1 heterocycles. The maximum absolute atomic E-state index is 11.9. The third kappa shape index (κ3) is 2.13. The predicted molar refractivity (Wildman–Crippen MR) is 62.1 cm³/mol. The summed E-state index contributed by atoms with van der Waals surface area (Å²) in [6, 6.07) is 8.87. The van der Waals surface area contributed by atoms with Crippen LogP contribution in [0.2, 0.25) is 0 Å². The maximum Gasteiger partial charge on any atom is 0.363 e. The molecule has 86 valence electrons. The number of carbonyl (C=O) groups is 2. The smallest absolute Gasteiger partial charge is 0.363 e. The molecule has 0 unspecified atom stereocenters. The second-order valence-electron chi connectivity index (χ2n) is 3.31. The fourth-order valence-corrected chi connectivity index (χ4v) is 1.42. The number of rotatable bonds is 3. The van der Waals surface area contributed by atoms with Crippen LogP contribution in [0.3, 0.4) is 0 Å². The van der Waals surface area contributed by atoms with Crippen molar-refractivity contribution in [2.45, 2.75) is 6.92 Å². The highest BCUT2D eigenvalue weighted by Crippen LogP contribution is 2.09. The Morgan fingerprint density at radius 1 is 1.24 bits per heavy atom. The Labute approximate surface area is 97.8 Å². The summed E-state index contributed by atoms with van der Waals surface area (Å²) in [5, 5.41) is 7.30. The first kappa shape index (κ1) is 11.2. The number of esters is 1. The van der Waals surface area contributed by atoms with Crippen LogP contribution in [0.1, 0.15) is 12.5 Å². The van der Waals surface area contributed by atoms with Gasteiger partial charge < -0.3 is 4.74 Å². The Kier molecular flexibility index (Phi) is 3.09. The molecule has 1 aliphatic rings. The summed E-state index contributed by atoms with van der Waals surface area (Å²) in [6.45, 7) is 1.86. The van der Waals surface area contributed by atoms with Crippen LogP contribution in [-0.2, 0) is 14.3 Å². The van der Waals surface area contributed by atoms with Crippen LogP contribution < -0.4 is 0 Å². The molecule has 0 N–H and O–H groups in total. The summed E-state index contributed by atoms with van der Waals surface area (Å²) in [5.74, 6) is -1.22. The van der Waals surface area contributed by atoms with Crippen molar-refractivity contribution in [3.05, 3.63) is 35.9 Å². The third-order valence-electron chi connectivity index (χ3n) is 2.20. The van der Waals surface area contributed by atoms with Crippen molar-refractivity contribution in [1.29, 1.82) is 0 Å². The van der Waals surface area contributed by atoms with Gasteiger partial charge in [-0.05, 0) is 6.92 Å². The van der Waals surface area contributed by atoms with Crippen molar-refractivity contribution in [3.8, 4) is 0 Å². The minimum atomic E-state index is -0.729. The lowest BCUT2D eigenvalue weighted by atomic mass is 10.0. The topological polar surface area (TPSA) is 68.1 Å². The molecule has 17 heavy (non-hydrogen) atoms. The van der Waals surface area contributed by atoms with Crippen LogP contribution in [0.25, 0.3) is 0 Å². The Morgan fingerprint density at radius 3 is 2.59 bits per heavy atom. The molecule has 0 atom stereocenters. The van der Waals surface area contributed by atoms with Crippen molar-refractivity contribution in [2.75, 3.05) is 6.61 Å². The van der Waals surface area contributed by atoms with E-state index in [4.69, 9.17) is 4.74 Å². The molecule has 0 bridgehead atoms. The molecule has 1 aliphatic heterocycles. The lowest BCUT2D eigenvalue weighted by Crippen LogP contribution is -2.29. The van der Waals surface area contributed by atoms with E-state index in [0.717, 1.165) is 0 Å². The molecule has 2 rings (SSSR count).